The largest absolute Gasteiger partial charge is 0.506 e. The van der Waals surface area contributed by atoms with Gasteiger partial charge in [0, 0.05) is 6.54 Å². The molecule has 0 radical (unpaired) electrons. The number of aryl methyl sites for hydroxylation is 1. The predicted molar refractivity (Wildman–Crippen MR) is 72.4 cm³/mol. The number of benzene rings is 1. The number of fused-ring (bicyclic) bond motifs is 1. The summed E-state index contributed by atoms with van der Waals surface area (Å²) in [5.74, 6) is 0.242. The highest BCUT2D eigenvalue weighted by Crippen LogP contribution is 2.37. The third-order valence-electron chi connectivity index (χ3n) is 3.03. The van der Waals surface area contributed by atoms with E-state index in [2.05, 4.69) is 0 Å². The fraction of sp³-hybridized carbons (Fsp3) is 0.538. The van der Waals surface area contributed by atoms with Gasteiger partial charge in [-0.15, -0.1) is 0 Å². The predicted octanol–water partition coefficient (Wildman–Crippen LogP) is 2.13. The molecular weight excluding hydrogens is 250 g/mol. The van der Waals surface area contributed by atoms with E-state index in [0.717, 1.165) is 18.4 Å². The molecule has 0 unspecified atom stereocenters. The summed E-state index contributed by atoms with van der Waals surface area (Å²) in [6.07, 6.45) is 1.62. The molecule has 1 aromatic rings. The average Bonchev–Trinajstić information content (AvgIpc) is 2.27. The first-order chi connectivity index (χ1) is 8.42. The molecule has 0 aliphatic carbocycles. The van der Waals surface area contributed by atoms with Crippen LogP contribution in [0.5, 0.6) is 5.75 Å². The maximum absolute atomic E-state index is 12.3. The lowest BCUT2D eigenvalue weighted by Crippen LogP contribution is -2.38. The summed E-state index contributed by atoms with van der Waals surface area (Å²) in [5, 5.41) is 9.92. The minimum atomic E-state index is -3.35. The van der Waals surface area contributed by atoms with Gasteiger partial charge in [0.25, 0.3) is 0 Å². The molecule has 5 heteroatoms. The van der Waals surface area contributed by atoms with Crippen molar-refractivity contribution in [2.75, 3.05) is 16.6 Å². The van der Waals surface area contributed by atoms with Crippen LogP contribution in [0.1, 0.15) is 25.8 Å². The van der Waals surface area contributed by atoms with Crippen LogP contribution >= 0.6 is 0 Å². The lowest BCUT2D eigenvalue weighted by molar-refractivity contribution is 0.472. The molecule has 0 amide bonds. The van der Waals surface area contributed by atoms with Crippen LogP contribution in [-0.4, -0.2) is 25.8 Å². The van der Waals surface area contributed by atoms with Crippen molar-refractivity contribution in [1.29, 1.82) is 0 Å². The van der Waals surface area contributed by atoms with Gasteiger partial charge < -0.3 is 5.11 Å². The lowest BCUT2D eigenvalue weighted by atomic mass is 10.0. The number of phenols is 1. The van der Waals surface area contributed by atoms with E-state index in [4.69, 9.17) is 0 Å². The molecule has 0 spiro atoms. The number of anilines is 1. The average molecular weight is 269 g/mol. The fourth-order valence-electron chi connectivity index (χ4n) is 2.38. The number of hydrogen-bond donors (Lipinski definition) is 1. The molecule has 0 saturated carbocycles. The summed E-state index contributed by atoms with van der Waals surface area (Å²) < 4.78 is 26.0. The Morgan fingerprint density at radius 3 is 2.78 bits per heavy atom. The van der Waals surface area contributed by atoms with Crippen molar-refractivity contribution < 1.29 is 13.5 Å². The summed E-state index contributed by atoms with van der Waals surface area (Å²) in [6.45, 7) is 4.22. The van der Waals surface area contributed by atoms with Gasteiger partial charge in [0.1, 0.15) is 5.75 Å². The van der Waals surface area contributed by atoms with Crippen LogP contribution in [0.3, 0.4) is 0 Å². The summed E-state index contributed by atoms with van der Waals surface area (Å²) in [5.41, 5.74) is 1.39. The second kappa shape index (κ2) is 4.80. The van der Waals surface area contributed by atoms with Gasteiger partial charge in [-0.2, -0.15) is 0 Å². The maximum Gasteiger partial charge on any atom is 0.235 e. The van der Waals surface area contributed by atoms with E-state index in [0.29, 0.717) is 12.2 Å². The van der Waals surface area contributed by atoms with Crippen molar-refractivity contribution in [2.45, 2.75) is 26.7 Å². The first-order valence-corrected chi connectivity index (χ1v) is 7.84. The molecule has 18 heavy (non-hydrogen) atoms. The van der Waals surface area contributed by atoms with Gasteiger partial charge in [0.2, 0.25) is 10.0 Å². The van der Waals surface area contributed by atoms with Gasteiger partial charge >= 0.3 is 0 Å². The van der Waals surface area contributed by atoms with E-state index < -0.39 is 10.0 Å². The Bertz CT molecular complexity index is 537. The van der Waals surface area contributed by atoms with Crippen molar-refractivity contribution >= 4 is 15.7 Å². The number of para-hydroxylation sites is 1. The summed E-state index contributed by atoms with van der Waals surface area (Å²) >= 11 is 0. The van der Waals surface area contributed by atoms with Crippen LogP contribution in [0.2, 0.25) is 0 Å². The Hall–Kier alpha value is -1.23. The molecule has 100 valence electrons. The molecule has 0 fully saturated rings. The molecular formula is C13H19NO3S. The smallest absolute Gasteiger partial charge is 0.235 e. The number of nitrogens with zero attached hydrogens (tertiary/aromatic N) is 1. The van der Waals surface area contributed by atoms with Gasteiger partial charge in [0.15, 0.2) is 0 Å². The number of hydrogen-bond acceptors (Lipinski definition) is 3. The van der Waals surface area contributed by atoms with E-state index in [1.807, 2.05) is 19.9 Å². The van der Waals surface area contributed by atoms with Crippen molar-refractivity contribution in [2.24, 2.45) is 5.92 Å². The molecule has 2 rings (SSSR count). The Morgan fingerprint density at radius 2 is 2.11 bits per heavy atom. The zero-order valence-corrected chi connectivity index (χ0v) is 11.6. The van der Waals surface area contributed by atoms with E-state index in [-0.39, 0.29) is 17.4 Å². The number of rotatable bonds is 3. The highest BCUT2D eigenvalue weighted by molar-refractivity contribution is 7.92. The van der Waals surface area contributed by atoms with Crippen LogP contribution in [-0.2, 0) is 16.4 Å². The second-order valence-corrected chi connectivity index (χ2v) is 7.07. The Morgan fingerprint density at radius 1 is 1.39 bits per heavy atom. The van der Waals surface area contributed by atoms with E-state index in [9.17, 15) is 13.5 Å². The zero-order chi connectivity index (χ0) is 13.3. The molecule has 1 aliphatic rings. The minimum Gasteiger partial charge on any atom is -0.506 e. The standard InChI is InChI=1S/C13H19NO3S/c1-10(2)9-18(16,17)14-8-4-6-11-5-3-7-12(15)13(11)14/h3,5,7,10,15H,4,6,8-9H2,1-2H3. The second-order valence-electron chi connectivity index (χ2n) is 5.13. The molecule has 0 aromatic heterocycles. The van der Waals surface area contributed by atoms with Crippen molar-refractivity contribution in [3.8, 4) is 5.75 Å². The molecule has 1 N–H and O–H groups in total. The lowest BCUT2D eigenvalue weighted by Gasteiger charge is -2.31. The Labute approximate surface area is 108 Å². The highest BCUT2D eigenvalue weighted by Gasteiger charge is 2.30. The van der Waals surface area contributed by atoms with Crippen molar-refractivity contribution in [3.05, 3.63) is 23.8 Å². The normalized spacial score (nSPS) is 15.8. The quantitative estimate of drug-likeness (QED) is 0.914. The SMILES string of the molecule is CC(C)CS(=O)(=O)N1CCCc2cccc(O)c21. The van der Waals surface area contributed by atoms with Gasteiger partial charge in [-0.25, -0.2) is 8.42 Å². The first kappa shape index (κ1) is 13.2. The van der Waals surface area contributed by atoms with Crippen molar-refractivity contribution in [1.82, 2.24) is 0 Å². The van der Waals surface area contributed by atoms with Gasteiger partial charge in [-0.1, -0.05) is 26.0 Å². The number of sulfonamides is 1. The summed E-state index contributed by atoms with van der Waals surface area (Å²) in [6, 6.07) is 5.18. The monoisotopic (exact) mass is 269 g/mol. The number of phenolic OH excluding ortho intramolecular Hbond substituents is 1. The molecule has 0 atom stereocenters. The molecule has 0 saturated heterocycles. The van der Waals surface area contributed by atoms with Gasteiger partial charge in [0.05, 0.1) is 11.4 Å². The van der Waals surface area contributed by atoms with Crippen molar-refractivity contribution in [3.63, 3.8) is 0 Å². The third-order valence-corrected chi connectivity index (χ3v) is 5.16. The molecule has 4 nitrogen and oxygen atoms in total. The van der Waals surface area contributed by atoms with Crippen LogP contribution in [0.25, 0.3) is 0 Å². The van der Waals surface area contributed by atoms with E-state index in [1.165, 1.54) is 4.31 Å². The van der Waals surface area contributed by atoms with Gasteiger partial charge in [-0.3, -0.25) is 4.31 Å². The molecule has 0 bridgehead atoms. The fourth-order valence-corrected chi connectivity index (χ4v) is 4.30. The topological polar surface area (TPSA) is 57.6 Å². The highest BCUT2D eigenvalue weighted by atomic mass is 32.2. The van der Waals surface area contributed by atoms with Gasteiger partial charge in [-0.05, 0) is 30.4 Å². The van der Waals surface area contributed by atoms with Crippen LogP contribution in [0, 0.1) is 5.92 Å². The maximum atomic E-state index is 12.3. The Kier molecular flexibility index (Phi) is 3.52. The third kappa shape index (κ3) is 2.46. The van der Waals surface area contributed by atoms with Crippen LogP contribution < -0.4 is 4.31 Å². The van der Waals surface area contributed by atoms with Crippen LogP contribution in [0.15, 0.2) is 18.2 Å². The molecule has 1 heterocycles. The minimum absolute atomic E-state index is 0.0551. The molecule has 1 aromatic carbocycles. The zero-order valence-electron chi connectivity index (χ0n) is 10.8. The number of aromatic hydroxyl groups is 1. The summed E-state index contributed by atoms with van der Waals surface area (Å²) in [7, 11) is -3.35. The van der Waals surface area contributed by atoms with E-state index >= 15 is 0 Å². The first-order valence-electron chi connectivity index (χ1n) is 6.23. The molecule has 1 aliphatic heterocycles. The van der Waals surface area contributed by atoms with Crippen LogP contribution in [0.4, 0.5) is 5.69 Å². The van der Waals surface area contributed by atoms with E-state index in [1.54, 1.807) is 12.1 Å². The Balaban J connectivity index is 2.45. The summed E-state index contributed by atoms with van der Waals surface area (Å²) in [4.78, 5) is 0.